The molecule has 1 fully saturated rings. The second-order valence-electron chi connectivity index (χ2n) is 4.41. The number of hydrogen-bond acceptors (Lipinski definition) is 1. The van der Waals surface area contributed by atoms with E-state index in [4.69, 9.17) is 4.74 Å². The van der Waals surface area contributed by atoms with E-state index in [0.717, 1.165) is 0 Å². The fourth-order valence-corrected chi connectivity index (χ4v) is 2.49. The first-order chi connectivity index (χ1) is 6.20. The summed E-state index contributed by atoms with van der Waals surface area (Å²) in [6.07, 6.45) is 2.89. The van der Waals surface area contributed by atoms with Crippen LogP contribution in [0.25, 0.3) is 0 Å². The van der Waals surface area contributed by atoms with Crippen molar-refractivity contribution in [3.05, 3.63) is 34.9 Å². The molecule has 1 aliphatic heterocycles. The lowest BCUT2D eigenvalue weighted by molar-refractivity contribution is 0.314. The Kier molecular flexibility index (Phi) is 1.26. The van der Waals surface area contributed by atoms with Gasteiger partial charge in [-0.1, -0.05) is 23.8 Å². The van der Waals surface area contributed by atoms with Crippen molar-refractivity contribution in [2.45, 2.75) is 38.4 Å². The zero-order valence-electron chi connectivity index (χ0n) is 8.13. The Hall–Kier alpha value is -0.820. The van der Waals surface area contributed by atoms with Crippen molar-refractivity contribution in [2.75, 3.05) is 0 Å². The number of rotatable bonds is 0. The van der Waals surface area contributed by atoms with E-state index in [1.807, 2.05) is 0 Å². The molecule has 0 saturated carbocycles. The topological polar surface area (TPSA) is 12.5 Å². The molecule has 0 aromatic heterocycles. The van der Waals surface area contributed by atoms with Crippen LogP contribution in [0.2, 0.25) is 0 Å². The average molecular weight is 174 g/mol. The van der Waals surface area contributed by atoms with Gasteiger partial charge in [0.2, 0.25) is 0 Å². The van der Waals surface area contributed by atoms with Crippen LogP contribution in [0.5, 0.6) is 0 Å². The summed E-state index contributed by atoms with van der Waals surface area (Å²) >= 11 is 0. The Morgan fingerprint density at radius 2 is 2.31 bits per heavy atom. The lowest BCUT2D eigenvalue weighted by atomic mass is 9.83. The highest BCUT2D eigenvalue weighted by atomic mass is 16.6. The zero-order valence-corrected chi connectivity index (χ0v) is 8.13. The molecule has 13 heavy (non-hydrogen) atoms. The van der Waals surface area contributed by atoms with Crippen LogP contribution in [0.3, 0.4) is 0 Å². The maximum Gasteiger partial charge on any atom is 0.117 e. The Morgan fingerprint density at radius 3 is 3.15 bits per heavy atom. The van der Waals surface area contributed by atoms with E-state index < -0.39 is 0 Å². The van der Waals surface area contributed by atoms with Gasteiger partial charge in [0.15, 0.2) is 0 Å². The number of aryl methyl sites for hydroxylation is 2. The molecule has 1 nitrogen and oxygen atoms in total. The summed E-state index contributed by atoms with van der Waals surface area (Å²) in [5.41, 5.74) is 4.33. The van der Waals surface area contributed by atoms with Crippen LogP contribution in [0.1, 0.15) is 30.0 Å². The first-order valence-electron chi connectivity index (χ1n) is 4.98. The van der Waals surface area contributed by atoms with Gasteiger partial charge in [-0.25, -0.2) is 0 Å². The van der Waals surface area contributed by atoms with Gasteiger partial charge >= 0.3 is 0 Å². The molecule has 0 radical (unpaired) electrons. The first-order valence-corrected chi connectivity index (χ1v) is 4.98. The van der Waals surface area contributed by atoms with Gasteiger partial charge in [0.1, 0.15) is 5.60 Å². The first kappa shape index (κ1) is 7.57. The van der Waals surface area contributed by atoms with Crippen molar-refractivity contribution in [1.82, 2.24) is 0 Å². The molecular formula is C12H14O. The Bertz CT molecular complexity index is 369. The Morgan fingerprint density at radius 1 is 1.46 bits per heavy atom. The monoisotopic (exact) mass is 174 g/mol. The van der Waals surface area contributed by atoms with Gasteiger partial charge in [-0.3, -0.25) is 0 Å². The van der Waals surface area contributed by atoms with Crippen LogP contribution in [0.15, 0.2) is 18.2 Å². The third-order valence-electron chi connectivity index (χ3n) is 3.42. The lowest BCUT2D eigenvalue weighted by Gasteiger charge is -2.18. The van der Waals surface area contributed by atoms with Crippen molar-refractivity contribution < 1.29 is 4.74 Å². The molecule has 1 heteroatoms. The summed E-state index contributed by atoms with van der Waals surface area (Å²) < 4.78 is 5.75. The number of hydrogen-bond donors (Lipinski definition) is 0. The summed E-state index contributed by atoms with van der Waals surface area (Å²) in [5, 5.41) is 0. The quantitative estimate of drug-likeness (QED) is 0.551. The molecule has 68 valence electrons. The highest BCUT2D eigenvalue weighted by molar-refractivity contribution is 5.41. The van der Waals surface area contributed by atoms with Crippen molar-refractivity contribution in [3.8, 4) is 0 Å². The van der Waals surface area contributed by atoms with E-state index in [1.54, 1.807) is 0 Å². The van der Waals surface area contributed by atoms with E-state index in [9.17, 15) is 0 Å². The lowest BCUT2D eigenvalue weighted by Crippen LogP contribution is -2.16. The van der Waals surface area contributed by atoms with Gasteiger partial charge in [-0.15, -0.1) is 0 Å². The molecule has 3 rings (SSSR count). The molecule has 0 N–H and O–H groups in total. The molecule has 0 amide bonds. The number of ether oxygens (including phenoxy) is 1. The largest absolute Gasteiger partial charge is 0.361 e. The van der Waals surface area contributed by atoms with Gasteiger partial charge in [-0.05, 0) is 37.8 Å². The molecule has 1 aromatic rings. The van der Waals surface area contributed by atoms with Crippen molar-refractivity contribution in [3.63, 3.8) is 0 Å². The standard InChI is InChI=1S/C12H14O/c1-8-3-4-9-5-6-11-12(2,13-11)10(9)7-8/h3-4,7,11H,5-6H2,1-2H3. The van der Waals surface area contributed by atoms with Crippen LogP contribution >= 0.6 is 0 Å². The highest BCUT2D eigenvalue weighted by Gasteiger charge is 2.56. The molecule has 2 atom stereocenters. The van der Waals surface area contributed by atoms with Crippen LogP contribution in [-0.4, -0.2) is 6.10 Å². The maximum atomic E-state index is 5.75. The third-order valence-corrected chi connectivity index (χ3v) is 3.42. The van der Waals surface area contributed by atoms with Crippen molar-refractivity contribution in [1.29, 1.82) is 0 Å². The van der Waals surface area contributed by atoms with Crippen LogP contribution in [0.4, 0.5) is 0 Å². The fourth-order valence-electron chi connectivity index (χ4n) is 2.49. The summed E-state index contributed by atoms with van der Waals surface area (Å²) in [6, 6.07) is 6.74. The van der Waals surface area contributed by atoms with Crippen molar-refractivity contribution in [2.24, 2.45) is 0 Å². The smallest absolute Gasteiger partial charge is 0.117 e. The van der Waals surface area contributed by atoms with Crippen LogP contribution in [0, 0.1) is 6.92 Å². The van der Waals surface area contributed by atoms with E-state index in [0.29, 0.717) is 6.10 Å². The molecule has 1 heterocycles. The minimum atomic E-state index is 0.0691. The second kappa shape index (κ2) is 2.16. The molecule has 2 unspecified atom stereocenters. The Balaban J connectivity index is 2.19. The van der Waals surface area contributed by atoms with Crippen LogP contribution < -0.4 is 0 Å². The van der Waals surface area contributed by atoms with E-state index in [2.05, 4.69) is 32.0 Å². The third kappa shape index (κ3) is 0.910. The molecule has 1 aliphatic carbocycles. The zero-order chi connectivity index (χ0) is 9.05. The van der Waals surface area contributed by atoms with Gasteiger partial charge in [0.05, 0.1) is 6.10 Å². The molecular weight excluding hydrogens is 160 g/mol. The van der Waals surface area contributed by atoms with E-state index in [-0.39, 0.29) is 5.60 Å². The summed E-state index contributed by atoms with van der Waals surface area (Å²) in [4.78, 5) is 0. The van der Waals surface area contributed by atoms with Gasteiger partial charge in [0, 0.05) is 0 Å². The predicted molar refractivity (Wildman–Crippen MR) is 51.7 cm³/mol. The molecule has 2 aliphatic rings. The summed E-state index contributed by atoms with van der Waals surface area (Å²) in [6.45, 7) is 4.37. The fraction of sp³-hybridized carbons (Fsp3) is 0.500. The minimum Gasteiger partial charge on any atom is -0.361 e. The Labute approximate surface area is 78.7 Å². The number of fused-ring (bicyclic) bond motifs is 3. The van der Waals surface area contributed by atoms with Gasteiger partial charge < -0.3 is 4.74 Å². The van der Waals surface area contributed by atoms with Crippen LogP contribution in [-0.2, 0) is 16.8 Å². The molecule has 0 spiro atoms. The number of epoxide rings is 1. The minimum absolute atomic E-state index is 0.0691. The summed E-state index contributed by atoms with van der Waals surface area (Å²) in [7, 11) is 0. The summed E-state index contributed by atoms with van der Waals surface area (Å²) in [5.74, 6) is 0. The van der Waals surface area contributed by atoms with E-state index >= 15 is 0 Å². The molecule has 0 bridgehead atoms. The van der Waals surface area contributed by atoms with E-state index in [1.165, 1.54) is 29.5 Å². The highest BCUT2D eigenvalue weighted by Crippen LogP contribution is 2.52. The SMILES string of the molecule is Cc1ccc2c(c1)C1(C)OC1CC2. The molecule has 1 aromatic carbocycles. The van der Waals surface area contributed by atoms with Gasteiger partial charge in [0.25, 0.3) is 0 Å². The maximum absolute atomic E-state index is 5.75. The normalized spacial score (nSPS) is 35.1. The van der Waals surface area contributed by atoms with Crippen molar-refractivity contribution >= 4 is 0 Å². The number of benzene rings is 1. The van der Waals surface area contributed by atoms with Gasteiger partial charge in [-0.2, -0.15) is 0 Å². The molecule has 1 saturated heterocycles. The second-order valence-corrected chi connectivity index (χ2v) is 4.41. The average Bonchev–Trinajstić information content (AvgIpc) is 2.78. The predicted octanol–water partition coefficient (Wildman–Crippen LogP) is 2.56.